The summed E-state index contributed by atoms with van der Waals surface area (Å²) < 4.78 is 14.9. The van der Waals surface area contributed by atoms with Gasteiger partial charge < -0.3 is 8.83 Å². The third-order valence-electron chi connectivity index (χ3n) is 32.7. The molecular formula is C122H130O2Si2. The molecule has 13 aromatic carbocycles. The molecule has 0 fully saturated rings. The highest BCUT2D eigenvalue weighted by Gasteiger charge is 2.50. The quantitative estimate of drug-likeness (QED) is 0.0310. The molecule has 0 saturated carbocycles. The van der Waals surface area contributed by atoms with E-state index in [0.29, 0.717) is 0 Å². The molecule has 126 heavy (non-hydrogen) atoms. The largest absolute Gasteiger partial charge is 0.455 e. The number of para-hydroxylation sites is 2. The second kappa shape index (κ2) is 32.6. The van der Waals surface area contributed by atoms with E-state index < -0.39 is 16.1 Å². The van der Waals surface area contributed by atoms with Crippen LogP contribution >= 0.6 is 0 Å². The lowest BCUT2D eigenvalue weighted by atomic mass is 9.70. The Morgan fingerprint density at radius 1 is 0.230 bits per heavy atom. The first-order valence-corrected chi connectivity index (χ1v) is 55.6. The van der Waals surface area contributed by atoms with Crippen LogP contribution in [0.5, 0.6) is 0 Å². The zero-order valence-corrected chi connectivity index (χ0v) is 79.6. The normalized spacial score (nSPS) is 15.8. The first-order valence-electron chi connectivity index (χ1n) is 49.6. The van der Waals surface area contributed by atoms with Gasteiger partial charge in [-0.15, -0.1) is 0 Å². The fourth-order valence-electron chi connectivity index (χ4n) is 25.7. The van der Waals surface area contributed by atoms with Crippen molar-refractivity contribution in [1.82, 2.24) is 0 Å². The van der Waals surface area contributed by atoms with E-state index in [-0.39, 0.29) is 21.7 Å². The molecule has 6 aliphatic rings. The van der Waals surface area contributed by atoms with E-state index in [1.165, 1.54) is 356 Å². The molecule has 2 nitrogen and oxygen atoms in total. The molecule has 0 radical (unpaired) electrons. The third kappa shape index (κ3) is 13.2. The van der Waals surface area contributed by atoms with Crippen LogP contribution in [0, 0.1) is 0 Å². The first-order chi connectivity index (χ1) is 61.3. The van der Waals surface area contributed by atoms with Crippen molar-refractivity contribution in [2.45, 2.75) is 283 Å². The molecule has 4 heterocycles. The van der Waals surface area contributed by atoms with Crippen LogP contribution in [0.3, 0.4) is 0 Å². The van der Waals surface area contributed by atoms with Gasteiger partial charge in [-0.05, 0) is 240 Å². The van der Waals surface area contributed by atoms with Gasteiger partial charge in [0.05, 0.1) is 0 Å². The summed E-state index contributed by atoms with van der Waals surface area (Å²) >= 11 is 0. The summed E-state index contributed by atoms with van der Waals surface area (Å²) in [5.41, 5.74) is 42.4. The number of fused-ring (bicyclic) bond motifs is 26. The summed E-state index contributed by atoms with van der Waals surface area (Å²) in [6.07, 6.45) is 36.6. The van der Waals surface area contributed by atoms with Crippen molar-refractivity contribution >= 4 is 80.8 Å². The molecule has 2 aromatic heterocycles. The van der Waals surface area contributed by atoms with Crippen molar-refractivity contribution in [2.24, 2.45) is 0 Å². The van der Waals surface area contributed by atoms with Crippen molar-refractivity contribution in [2.75, 3.05) is 0 Å². The SMILES string of the molecule is CCCCCCCCC1(CCCCCCCC)c2ccccc2-c2ccc(-c3ccc4c(c3)C(C)(C)c3cc(-c5cc6c(c7oc8ccccc8c57)-c5cc7c(cc5[Si]6(C)C)-c5c(cc(-c6ccc8c(c6)C(C)(C)c6cc(-c9ccc%10c(c9)C(CCCCCCCC)(CCCCCCCC)c9ccccc9-%10)ccc6-8)c6c5oc5ccccc56)[Si]7(C)C)ccc3-4)cc21. The average molecular weight is 1680 g/mol. The molecule has 21 rings (SSSR count). The molecule has 4 heteroatoms. The first kappa shape index (κ1) is 82.8. The summed E-state index contributed by atoms with van der Waals surface area (Å²) in [6, 6.07) is 92.6. The van der Waals surface area contributed by atoms with Crippen molar-refractivity contribution in [3.8, 4) is 111 Å². The summed E-state index contributed by atoms with van der Waals surface area (Å²) in [6.45, 7) is 29.8. The van der Waals surface area contributed by atoms with Crippen LogP contribution in [0.15, 0.2) is 239 Å². The molecule has 0 amide bonds. The zero-order chi connectivity index (χ0) is 86.2. The fraction of sp³-hybridized carbons (Fsp3) is 0.361. The topological polar surface area (TPSA) is 26.3 Å². The second-order valence-electron chi connectivity index (χ2n) is 41.6. The van der Waals surface area contributed by atoms with Crippen LogP contribution in [-0.2, 0) is 21.7 Å². The van der Waals surface area contributed by atoms with E-state index in [9.17, 15) is 0 Å². The number of rotatable bonds is 32. The summed E-state index contributed by atoms with van der Waals surface area (Å²) in [5.74, 6) is 0. The van der Waals surface area contributed by atoms with Crippen molar-refractivity contribution in [3.63, 3.8) is 0 Å². The van der Waals surface area contributed by atoms with Crippen LogP contribution in [-0.4, -0.2) is 16.1 Å². The molecule has 0 N–H and O–H groups in total. The zero-order valence-electron chi connectivity index (χ0n) is 77.6. The van der Waals surface area contributed by atoms with Crippen LogP contribution < -0.4 is 20.7 Å². The van der Waals surface area contributed by atoms with E-state index in [0.717, 1.165) is 22.3 Å². The molecule has 0 bridgehead atoms. The number of benzene rings is 13. The Balaban J connectivity index is 0.611. The predicted molar refractivity (Wildman–Crippen MR) is 547 cm³/mol. The lowest BCUT2D eigenvalue weighted by Crippen LogP contribution is -2.51. The van der Waals surface area contributed by atoms with Gasteiger partial charge in [0.2, 0.25) is 0 Å². The molecule has 0 atom stereocenters. The molecule has 4 aliphatic carbocycles. The Morgan fingerprint density at radius 2 is 0.492 bits per heavy atom. The van der Waals surface area contributed by atoms with Crippen LogP contribution in [0.1, 0.15) is 280 Å². The Hall–Kier alpha value is -10.1. The van der Waals surface area contributed by atoms with Gasteiger partial charge in [-0.2, -0.15) is 0 Å². The lowest BCUT2D eigenvalue weighted by Gasteiger charge is -2.33. The van der Waals surface area contributed by atoms with E-state index in [1.807, 2.05) is 0 Å². The molecule has 2 aliphatic heterocycles. The smallest absolute Gasteiger partial charge is 0.143 e. The molecular weight excluding hydrogens is 1550 g/mol. The summed E-state index contributed by atoms with van der Waals surface area (Å²) in [4.78, 5) is 0. The predicted octanol–water partition coefficient (Wildman–Crippen LogP) is 33.9. The van der Waals surface area contributed by atoms with Crippen molar-refractivity contribution in [3.05, 3.63) is 275 Å². The standard InChI is InChI=1S/C122H130O2Si2/c1-13-17-21-25-29-41-65-121(66-42-30-26-22-18-14-2)99-49-37-33-45-85(99)91-61-55-81(71-105(91)121)79-53-59-87-89-63-57-83(73-103(89)119(5,6)101(87)69-79)95-75-111-115(117-113(95)93-47-35-39-51-107(93)123-117)97-77-110-98(78-109(97)125(111,9)10)116-112(126(110,11)12)76-96(114-94-48-36-40-52-108(94)124-118(114)116)84-58-64-90-88-60-54-80(70-102(88)120(7,8)104(90)74-84)82-56-62-92-86-46-34-38-50-100(86)122(106(92)72-82,67-43-31-27-23-19-15-3)68-44-32-28-24-20-16-4/h33-40,45-64,69-78H,13-32,41-44,65-68H2,1-12H3. The maximum absolute atomic E-state index is 7.46. The Bertz CT molecular complexity index is 6370. The molecule has 0 saturated heterocycles. The monoisotopic (exact) mass is 1680 g/mol. The summed E-state index contributed by atoms with van der Waals surface area (Å²) in [7, 11) is -4.95. The highest BCUT2D eigenvalue weighted by Crippen LogP contribution is 2.61. The van der Waals surface area contributed by atoms with Gasteiger partial charge in [0.25, 0.3) is 0 Å². The van der Waals surface area contributed by atoms with Crippen molar-refractivity contribution in [1.29, 1.82) is 0 Å². The minimum Gasteiger partial charge on any atom is -0.455 e. The number of hydrogen-bond donors (Lipinski definition) is 0. The van der Waals surface area contributed by atoms with Gasteiger partial charge in [-0.3, -0.25) is 0 Å². The number of unbranched alkanes of at least 4 members (excludes halogenated alkanes) is 20. The fourth-order valence-corrected chi connectivity index (χ4v) is 31.8. The minimum absolute atomic E-state index is 0.0316. The molecule has 0 spiro atoms. The third-order valence-corrected chi connectivity index (χ3v) is 39.7. The van der Waals surface area contributed by atoms with E-state index >= 15 is 0 Å². The van der Waals surface area contributed by atoms with Gasteiger partial charge in [0, 0.05) is 54.3 Å². The van der Waals surface area contributed by atoms with Gasteiger partial charge in [-0.1, -0.05) is 418 Å². The summed E-state index contributed by atoms with van der Waals surface area (Å²) in [5, 5.41) is 10.7. The molecule has 638 valence electrons. The second-order valence-corrected chi connectivity index (χ2v) is 50.3. The van der Waals surface area contributed by atoms with Crippen LogP contribution in [0.25, 0.3) is 155 Å². The maximum atomic E-state index is 7.46. The number of hydrogen-bond acceptors (Lipinski definition) is 2. The average Bonchev–Trinajstić information content (AvgIpc) is 1.51. The Kier molecular flexibility index (Phi) is 21.4. The van der Waals surface area contributed by atoms with E-state index in [2.05, 4.69) is 312 Å². The minimum atomic E-state index is -2.48. The Morgan fingerprint density at radius 3 is 0.833 bits per heavy atom. The lowest BCUT2D eigenvalue weighted by molar-refractivity contribution is 0.398. The molecule has 15 aromatic rings. The van der Waals surface area contributed by atoms with Gasteiger partial charge >= 0.3 is 0 Å². The highest BCUT2D eigenvalue weighted by molar-refractivity contribution is 7.06. The van der Waals surface area contributed by atoms with Crippen molar-refractivity contribution < 1.29 is 8.83 Å². The number of furan rings is 2. The highest BCUT2D eigenvalue weighted by atomic mass is 28.3. The van der Waals surface area contributed by atoms with Gasteiger partial charge in [0.1, 0.15) is 38.5 Å². The van der Waals surface area contributed by atoms with Crippen LogP contribution in [0.2, 0.25) is 26.2 Å². The molecule has 0 unspecified atom stereocenters. The van der Waals surface area contributed by atoms with Crippen LogP contribution in [0.4, 0.5) is 0 Å². The van der Waals surface area contributed by atoms with Gasteiger partial charge in [-0.25, -0.2) is 0 Å². The van der Waals surface area contributed by atoms with Gasteiger partial charge in [0.15, 0.2) is 0 Å². The Labute approximate surface area is 753 Å². The van der Waals surface area contributed by atoms with E-state index in [1.54, 1.807) is 22.3 Å². The van der Waals surface area contributed by atoms with E-state index in [4.69, 9.17) is 8.83 Å². The maximum Gasteiger partial charge on any atom is 0.143 e.